The lowest BCUT2D eigenvalue weighted by molar-refractivity contribution is -0.119. The molecule has 5 nitrogen and oxygen atoms in total. The largest absolute Gasteiger partial charge is 0.450 e. The average molecular weight is 216 g/mol. The Morgan fingerprint density at radius 3 is 2.53 bits per heavy atom. The smallest absolute Gasteiger partial charge is 0.407 e. The second kappa shape index (κ2) is 8.23. The topological polar surface area (TPSA) is 81.4 Å². The van der Waals surface area contributed by atoms with Crippen molar-refractivity contribution in [3.05, 3.63) is 0 Å². The lowest BCUT2D eigenvalue weighted by Gasteiger charge is -2.14. The van der Waals surface area contributed by atoms with Crippen LogP contribution in [0.3, 0.4) is 0 Å². The molecular weight excluding hydrogens is 196 g/mol. The molecule has 0 rings (SSSR count). The van der Waals surface area contributed by atoms with Crippen molar-refractivity contribution in [2.45, 2.75) is 39.2 Å². The summed E-state index contributed by atoms with van der Waals surface area (Å²) in [6, 6.07) is -0.449. The summed E-state index contributed by atoms with van der Waals surface area (Å²) < 4.78 is 4.70. The van der Waals surface area contributed by atoms with Gasteiger partial charge < -0.3 is 15.8 Å². The number of hydrogen-bond acceptors (Lipinski definition) is 4. The van der Waals surface area contributed by atoms with Gasteiger partial charge in [-0.15, -0.1) is 0 Å². The summed E-state index contributed by atoms with van der Waals surface area (Å²) in [6.45, 7) is 4.08. The minimum atomic E-state index is -0.537. The molecule has 1 atom stereocenters. The molecule has 0 aromatic carbocycles. The Bertz CT molecular complexity index is 207. The van der Waals surface area contributed by atoms with E-state index >= 15 is 0 Å². The lowest BCUT2D eigenvalue weighted by atomic mass is 10.1. The van der Waals surface area contributed by atoms with Gasteiger partial charge in [-0.3, -0.25) is 4.79 Å². The molecule has 1 amide bonds. The maximum absolute atomic E-state index is 11.2. The highest BCUT2D eigenvalue weighted by molar-refractivity contribution is 5.85. The van der Waals surface area contributed by atoms with Crippen LogP contribution in [0.25, 0.3) is 0 Å². The summed E-state index contributed by atoms with van der Waals surface area (Å²) in [6.07, 6.45) is 1.76. The quantitative estimate of drug-likeness (QED) is 0.617. The van der Waals surface area contributed by atoms with E-state index in [1.165, 1.54) is 6.92 Å². The van der Waals surface area contributed by atoms with Crippen molar-refractivity contribution in [3.63, 3.8) is 0 Å². The molecule has 3 N–H and O–H groups in total. The number of hydrogen-bond donors (Lipinski definition) is 2. The average Bonchev–Trinajstić information content (AvgIpc) is 2.16. The summed E-state index contributed by atoms with van der Waals surface area (Å²) in [4.78, 5) is 22.3. The van der Waals surface area contributed by atoms with Crippen molar-refractivity contribution in [1.29, 1.82) is 0 Å². The molecule has 0 fully saturated rings. The van der Waals surface area contributed by atoms with Gasteiger partial charge in [-0.25, -0.2) is 4.79 Å². The number of unbranched alkanes of at least 4 members (excludes halogenated alkanes) is 1. The van der Waals surface area contributed by atoms with Crippen LogP contribution in [0.4, 0.5) is 4.79 Å². The normalized spacial score (nSPS) is 11.9. The molecule has 0 aliphatic rings. The Morgan fingerprint density at radius 2 is 2.07 bits per heavy atom. The van der Waals surface area contributed by atoms with Crippen molar-refractivity contribution in [3.8, 4) is 0 Å². The van der Waals surface area contributed by atoms with Crippen molar-refractivity contribution in [1.82, 2.24) is 5.32 Å². The van der Waals surface area contributed by atoms with Gasteiger partial charge in [0.2, 0.25) is 0 Å². The predicted octanol–water partition coefficient (Wildman–Crippen LogP) is 0.819. The van der Waals surface area contributed by atoms with E-state index in [0.29, 0.717) is 19.6 Å². The number of rotatable bonds is 7. The van der Waals surface area contributed by atoms with E-state index in [1.807, 2.05) is 0 Å². The first-order valence-electron chi connectivity index (χ1n) is 5.25. The van der Waals surface area contributed by atoms with E-state index in [-0.39, 0.29) is 5.78 Å². The first-order valence-corrected chi connectivity index (χ1v) is 5.25. The van der Waals surface area contributed by atoms with E-state index in [4.69, 9.17) is 10.5 Å². The maximum atomic E-state index is 11.2. The van der Waals surface area contributed by atoms with Crippen LogP contribution < -0.4 is 11.1 Å². The Hall–Kier alpha value is -1.10. The predicted molar refractivity (Wildman–Crippen MR) is 57.5 cm³/mol. The fourth-order valence-corrected chi connectivity index (χ4v) is 1.18. The number of ketones is 1. The van der Waals surface area contributed by atoms with Crippen LogP contribution in [0.1, 0.15) is 33.1 Å². The SMILES string of the molecule is CCOC(=O)NC(CCCCN)C(C)=O. The van der Waals surface area contributed by atoms with E-state index in [9.17, 15) is 9.59 Å². The molecular formula is C10H20N2O3. The molecule has 0 spiro atoms. The number of carbonyl (C=O) groups excluding carboxylic acids is 2. The van der Waals surface area contributed by atoms with Crippen LogP contribution in [0.15, 0.2) is 0 Å². The number of nitrogens with one attached hydrogen (secondary N) is 1. The molecule has 0 saturated carbocycles. The zero-order valence-corrected chi connectivity index (χ0v) is 9.41. The minimum absolute atomic E-state index is 0.0555. The Labute approximate surface area is 90.4 Å². The Kier molecular flexibility index (Phi) is 7.62. The van der Waals surface area contributed by atoms with Gasteiger partial charge in [0.25, 0.3) is 0 Å². The molecule has 1 unspecified atom stereocenters. The van der Waals surface area contributed by atoms with Crippen molar-refractivity contribution in [2.75, 3.05) is 13.2 Å². The van der Waals surface area contributed by atoms with Crippen molar-refractivity contribution < 1.29 is 14.3 Å². The number of ether oxygens (including phenoxy) is 1. The third-order valence-corrected chi connectivity index (χ3v) is 2.01. The number of Topliss-reactive ketones (excluding diaryl/α,β-unsaturated/α-hetero) is 1. The molecule has 15 heavy (non-hydrogen) atoms. The third-order valence-electron chi connectivity index (χ3n) is 2.01. The molecule has 0 aliphatic carbocycles. The number of alkyl carbamates (subject to hydrolysis) is 1. The van der Waals surface area contributed by atoms with Gasteiger partial charge in [-0.05, 0) is 39.7 Å². The summed E-state index contributed by atoms with van der Waals surface area (Å²) >= 11 is 0. The lowest BCUT2D eigenvalue weighted by Crippen LogP contribution is -2.40. The van der Waals surface area contributed by atoms with Gasteiger partial charge in [-0.2, -0.15) is 0 Å². The van der Waals surface area contributed by atoms with Crippen molar-refractivity contribution in [2.24, 2.45) is 5.73 Å². The van der Waals surface area contributed by atoms with Crippen LogP contribution in [0.5, 0.6) is 0 Å². The van der Waals surface area contributed by atoms with Gasteiger partial charge in [0, 0.05) is 0 Å². The fourth-order valence-electron chi connectivity index (χ4n) is 1.18. The fraction of sp³-hybridized carbons (Fsp3) is 0.800. The summed E-state index contributed by atoms with van der Waals surface area (Å²) in [7, 11) is 0. The van der Waals surface area contributed by atoms with Crippen LogP contribution in [0.2, 0.25) is 0 Å². The van der Waals surface area contributed by atoms with Gasteiger partial charge in [-0.1, -0.05) is 0 Å². The van der Waals surface area contributed by atoms with Crippen LogP contribution in [-0.4, -0.2) is 31.1 Å². The van der Waals surface area contributed by atoms with Crippen LogP contribution in [-0.2, 0) is 9.53 Å². The zero-order chi connectivity index (χ0) is 11.7. The van der Waals surface area contributed by atoms with Crippen LogP contribution in [0, 0.1) is 0 Å². The maximum Gasteiger partial charge on any atom is 0.407 e. The standard InChI is InChI=1S/C10H20N2O3/c1-3-15-10(14)12-9(8(2)13)6-4-5-7-11/h9H,3-7,11H2,1-2H3,(H,12,14). The van der Waals surface area contributed by atoms with Gasteiger partial charge >= 0.3 is 6.09 Å². The van der Waals surface area contributed by atoms with E-state index in [2.05, 4.69) is 5.32 Å². The van der Waals surface area contributed by atoms with Crippen LogP contribution >= 0.6 is 0 Å². The van der Waals surface area contributed by atoms with E-state index in [0.717, 1.165) is 12.8 Å². The van der Waals surface area contributed by atoms with Gasteiger partial charge in [0.1, 0.15) is 0 Å². The van der Waals surface area contributed by atoms with E-state index < -0.39 is 12.1 Å². The molecule has 0 aromatic heterocycles. The summed E-state index contributed by atoms with van der Waals surface area (Å²) in [5, 5.41) is 2.52. The van der Waals surface area contributed by atoms with Gasteiger partial charge in [0.05, 0.1) is 12.6 Å². The highest BCUT2D eigenvalue weighted by atomic mass is 16.5. The minimum Gasteiger partial charge on any atom is -0.450 e. The van der Waals surface area contributed by atoms with E-state index in [1.54, 1.807) is 6.92 Å². The Morgan fingerprint density at radius 1 is 1.40 bits per heavy atom. The highest BCUT2D eigenvalue weighted by Gasteiger charge is 2.16. The number of carbonyl (C=O) groups is 2. The molecule has 0 radical (unpaired) electrons. The highest BCUT2D eigenvalue weighted by Crippen LogP contribution is 2.01. The monoisotopic (exact) mass is 216 g/mol. The zero-order valence-electron chi connectivity index (χ0n) is 9.41. The summed E-state index contributed by atoms with van der Waals surface area (Å²) in [5.41, 5.74) is 5.34. The molecule has 5 heteroatoms. The molecule has 0 heterocycles. The molecule has 0 aliphatic heterocycles. The summed E-state index contributed by atoms with van der Waals surface area (Å²) in [5.74, 6) is -0.0555. The molecule has 0 bridgehead atoms. The molecule has 88 valence electrons. The van der Waals surface area contributed by atoms with Crippen molar-refractivity contribution >= 4 is 11.9 Å². The Balaban J connectivity index is 3.93. The number of amides is 1. The van der Waals surface area contributed by atoms with Gasteiger partial charge in [0.15, 0.2) is 5.78 Å². The first kappa shape index (κ1) is 13.9. The second-order valence-corrected chi connectivity index (χ2v) is 3.31. The molecule has 0 aromatic rings. The second-order valence-electron chi connectivity index (χ2n) is 3.31. The third kappa shape index (κ3) is 6.90. The first-order chi connectivity index (χ1) is 7.11. The number of nitrogens with two attached hydrogens (primary N) is 1. The molecule has 0 saturated heterocycles.